The van der Waals surface area contributed by atoms with Gasteiger partial charge in [-0.1, -0.05) is 17.7 Å². The Bertz CT molecular complexity index is 1070. The molecule has 6 heteroatoms. The molecule has 0 bridgehead atoms. The van der Waals surface area contributed by atoms with Gasteiger partial charge in [-0.2, -0.15) is 0 Å². The minimum atomic E-state index is -3.65. The molecule has 0 saturated carbocycles. The average Bonchev–Trinajstić information content (AvgIpc) is 3.02. The van der Waals surface area contributed by atoms with Gasteiger partial charge < -0.3 is 0 Å². The maximum absolute atomic E-state index is 12.7. The molecule has 2 aromatic carbocycles. The molecule has 0 saturated heterocycles. The number of hydrogen-bond acceptors (Lipinski definition) is 4. The Balaban J connectivity index is 1.80. The van der Waals surface area contributed by atoms with E-state index in [-0.39, 0.29) is 4.90 Å². The number of sulfonamides is 1. The van der Waals surface area contributed by atoms with Gasteiger partial charge in [-0.05, 0) is 75.2 Å². The highest BCUT2D eigenvalue weighted by Gasteiger charge is 2.16. The number of aliphatic imine (C=N–C) groups is 1. The smallest absolute Gasteiger partial charge is 0.261 e. The summed E-state index contributed by atoms with van der Waals surface area (Å²) in [6.45, 7) is 7.85. The molecule has 1 heterocycles. The normalized spacial score (nSPS) is 11.9. The van der Waals surface area contributed by atoms with E-state index in [0.717, 1.165) is 21.6 Å². The Labute approximate surface area is 164 Å². The van der Waals surface area contributed by atoms with E-state index in [1.54, 1.807) is 41.8 Å². The van der Waals surface area contributed by atoms with E-state index >= 15 is 0 Å². The van der Waals surface area contributed by atoms with Crippen LogP contribution in [-0.4, -0.2) is 14.6 Å². The Hall–Kier alpha value is -2.44. The molecular formula is C21H22N2O2S2. The molecule has 0 spiro atoms. The summed E-state index contributed by atoms with van der Waals surface area (Å²) >= 11 is 1.66. The molecule has 3 aromatic rings. The van der Waals surface area contributed by atoms with Crippen LogP contribution in [0.1, 0.15) is 26.4 Å². The topological polar surface area (TPSA) is 58.5 Å². The second kappa shape index (κ2) is 7.66. The predicted octanol–water partition coefficient (Wildman–Crippen LogP) is 5.53. The first-order valence-corrected chi connectivity index (χ1v) is 10.9. The van der Waals surface area contributed by atoms with Crippen LogP contribution in [0, 0.1) is 27.7 Å². The fourth-order valence-electron chi connectivity index (χ4n) is 2.91. The third-order valence-electron chi connectivity index (χ3n) is 4.16. The van der Waals surface area contributed by atoms with Crippen LogP contribution in [0.15, 0.2) is 58.4 Å². The van der Waals surface area contributed by atoms with Crippen molar-refractivity contribution in [3.63, 3.8) is 0 Å². The molecule has 0 aliphatic carbocycles. The highest BCUT2D eigenvalue weighted by Crippen LogP contribution is 2.26. The van der Waals surface area contributed by atoms with Crippen LogP contribution in [-0.2, 0) is 10.0 Å². The first kappa shape index (κ1) is 19.3. The number of nitrogens with one attached hydrogen (secondary N) is 1. The first-order chi connectivity index (χ1) is 12.7. The lowest BCUT2D eigenvalue weighted by molar-refractivity contribution is 0.601. The van der Waals surface area contributed by atoms with Gasteiger partial charge in [-0.15, -0.1) is 11.3 Å². The quantitative estimate of drug-likeness (QED) is 0.574. The zero-order chi connectivity index (χ0) is 19.6. The number of benzene rings is 2. The number of hydrogen-bond donors (Lipinski definition) is 1. The summed E-state index contributed by atoms with van der Waals surface area (Å²) in [5.74, 6) is 0. The summed E-state index contributed by atoms with van der Waals surface area (Å²) in [5, 5.41) is 0. The van der Waals surface area contributed by atoms with Gasteiger partial charge in [0.2, 0.25) is 0 Å². The highest BCUT2D eigenvalue weighted by atomic mass is 32.2. The fourth-order valence-corrected chi connectivity index (χ4v) is 4.86. The van der Waals surface area contributed by atoms with Gasteiger partial charge in [0.25, 0.3) is 10.0 Å². The molecule has 4 nitrogen and oxygen atoms in total. The third kappa shape index (κ3) is 4.64. The number of aryl methyl sites for hydroxylation is 4. The minimum absolute atomic E-state index is 0.216. The van der Waals surface area contributed by atoms with E-state index in [4.69, 9.17) is 0 Å². The molecule has 0 atom stereocenters. The van der Waals surface area contributed by atoms with E-state index in [1.165, 1.54) is 4.88 Å². The summed E-state index contributed by atoms with van der Waals surface area (Å²) in [4.78, 5) is 6.91. The minimum Gasteiger partial charge on any atom is -0.279 e. The first-order valence-electron chi connectivity index (χ1n) is 8.56. The van der Waals surface area contributed by atoms with Crippen molar-refractivity contribution >= 4 is 38.9 Å². The maximum Gasteiger partial charge on any atom is 0.261 e. The van der Waals surface area contributed by atoms with E-state index < -0.39 is 10.0 Å². The summed E-state index contributed by atoms with van der Waals surface area (Å²) in [7, 11) is -3.65. The van der Waals surface area contributed by atoms with Gasteiger partial charge in [0.1, 0.15) is 0 Å². The Morgan fingerprint density at radius 2 is 1.56 bits per heavy atom. The van der Waals surface area contributed by atoms with E-state index in [9.17, 15) is 8.42 Å². The van der Waals surface area contributed by atoms with Gasteiger partial charge in [-0.3, -0.25) is 9.71 Å². The Morgan fingerprint density at radius 1 is 0.926 bits per heavy atom. The monoisotopic (exact) mass is 398 g/mol. The van der Waals surface area contributed by atoms with Crippen molar-refractivity contribution < 1.29 is 8.42 Å². The fraction of sp³-hybridized carbons (Fsp3) is 0.190. The molecule has 0 aliphatic rings. The molecular weight excluding hydrogens is 376 g/mol. The molecule has 1 N–H and O–H groups in total. The van der Waals surface area contributed by atoms with Gasteiger partial charge >= 0.3 is 0 Å². The van der Waals surface area contributed by atoms with Crippen LogP contribution < -0.4 is 4.72 Å². The largest absolute Gasteiger partial charge is 0.279 e. The SMILES string of the molecule is Cc1cc(C)c(NS(=O)(=O)c2ccc(N=Cc3ccc(C)s3)cc2)c(C)c1. The van der Waals surface area contributed by atoms with Crippen LogP contribution >= 0.6 is 11.3 Å². The zero-order valence-corrected chi connectivity index (χ0v) is 17.4. The second-order valence-corrected chi connectivity index (χ2v) is 9.58. The van der Waals surface area contributed by atoms with Crippen molar-refractivity contribution in [1.29, 1.82) is 0 Å². The molecule has 0 amide bonds. The zero-order valence-electron chi connectivity index (χ0n) is 15.8. The molecule has 3 rings (SSSR count). The van der Waals surface area contributed by atoms with Gasteiger partial charge in [0.05, 0.1) is 16.3 Å². The summed E-state index contributed by atoms with van der Waals surface area (Å²) in [6, 6.07) is 14.6. The lowest BCUT2D eigenvalue weighted by Crippen LogP contribution is -2.14. The lowest BCUT2D eigenvalue weighted by Gasteiger charge is -2.14. The maximum atomic E-state index is 12.7. The van der Waals surface area contributed by atoms with E-state index in [2.05, 4.69) is 9.71 Å². The van der Waals surface area contributed by atoms with Crippen molar-refractivity contribution in [3.05, 3.63) is 75.0 Å². The molecule has 0 unspecified atom stereocenters. The molecule has 27 heavy (non-hydrogen) atoms. The summed E-state index contributed by atoms with van der Waals surface area (Å²) in [6.07, 6.45) is 1.79. The van der Waals surface area contributed by atoms with Crippen LogP contribution in [0.3, 0.4) is 0 Å². The number of thiophene rings is 1. The van der Waals surface area contributed by atoms with Crippen molar-refractivity contribution in [3.8, 4) is 0 Å². The molecule has 140 valence electrons. The summed E-state index contributed by atoms with van der Waals surface area (Å²) < 4.78 is 28.2. The van der Waals surface area contributed by atoms with E-state index in [0.29, 0.717) is 11.4 Å². The second-order valence-electron chi connectivity index (χ2n) is 6.58. The Morgan fingerprint density at radius 3 is 2.11 bits per heavy atom. The van der Waals surface area contributed by atoms with Gasteiger partial charge in [-0.25, -0.2) is 8.42 Å². The number of rotatable bonds is 5. The number of anilines is 1. The molecule has 0 radical (unpaired) electrons. The van der Waals surface area contributed by atoms with Crippen LogP contribution in [0.4, 0.5) is 11.4 Å². The van der Waals surface area contributed by atoms with Crippen LogP contribution in [0.2, 0.25) is 0 Å². The summed E-state index contributed by atoms with van der Waals surface area (Å²) in [5.41, 5.74) is 4.27. The standard InChI is InChI=1S/C21H22N2O2S2/c1-14-11-15(2)21(16(3)12-14)23-27(24,25)20-9-6-18(7-10-20)22-13-19-8-5-17(4)26-19/h5-13,23H,1-4H3. The van der Waals surface area contributed by atoms with Crippen molar-refractivity contribution in [1.82, 2.24) is 0 Å². The van der Waals surface area contributed by atoms with Crippen molar-refractivity contribution in [2.24, 2.45) is 4.99 Å². The highest BCUT2D eigenvalue weighted by molar-refractivity contribution is 7.92. The van der Waals surface area contributed by atoms with Gasteiger partial charge in [0.15, 0.2) is 0 Å². The third-order valence-corrected chi connectivity index (χ3v) is 6.46. The van der Waals surface area contributed by atoms with Crippen LogP contribution in [0.25, 0.3) is 0 Å². The predicted molar refractivity (Wildman–Crippen MR) is 114 cm³/mol. The van der Waals surface area contributed by atoms with Crippen LogP contribution in [0.5, 0.6) is 0 Å². The molecule has 0 aliphatic heterocycles. The lowest BCUT2D eigenvalue weighted by atomic mass is 10.1. The van der Waals surface area contributed by atoms with Crippen molar-refractivity contribution in [2.75, 3.05) is 4.72 Å². The average molecular weight is 399 g/mol. The van der Waals surface area contributed by atoms with Gasteiger partial charge in [0, 0.05) is 16.0 Å². The number of nitrogens with zero attached hydrogens (tertiary/aromatic N) is 1. The Kier molecular flexibility index (Phi) is 5.48. The van der Waals surface area contributed by atoms with E-state index in [1.807, 2.05) is 52.0 Å². The molecule has 0 fully saturated rings. The van der Waals surface area contributed by atoms with Crippen molar-refractivity contribution in [2.45, 2.75) is 32.6 Å². The molecule has 1 aromatic heterocycles.